The van der Waals surface area contributed by atoms with E-state index in [2.05, 4.69) is 5.32 Å². The quantitative estimate of drug-likeness (QED) is 0.620. The van der Waals surface area contributed by atoms with Crippen molar-refractivity contribution in [3.05, 3.63) is 64.0 Å². The molecule has 0 aromatic heterocycles. The Morgan fingerprint density at radius 3 is 2.33 bits per heavy atom. The van der Waals surface area contributed by atoms with Crippen molar-refractivity contribution in [2.45, 2.75) is 17.7 Å². The van der Waals surface area contributed by atoms with Gasteiger partial charge in [0, 0.05) is 30.8 Å². The highest BCUT2D eigenvalue weighted by Crippen LogP contribution is 2.23. The Kier molecular flexibility index (Phi) is 5.19. The molecule has 0 aliphatic carbocycles. The molecule has 1 amide bonds. The first-order valence-corrected chi connectivity index (χ1v) is 9.58. The van der Waals surface area contributed by atoms with Crippen molar-refractivity contribution >= 4 is 27.3 Å². The number of hydrogen-bond donors (Lipinski definition) is 1. The predicted octanol–water partition coefficient (Wildman–Crippen LogP) is 2.77. The third kappa shape index (κ3) is 3.96. The second-order valence-electron chi connectivity index (χ2n) is 6.01. The molecule has 2 aromatic carbocycles. The Balaban J connectivity index is 1.78. The number of nitrogens with one attached hydrogen (secondary N) is 1. The van der Waals surface area contributed by atoms with Crippen LogP contribution in [0.3, 0.4) is 0 Å². The lowest BCUT2D eigenvalue weighted by molar-refractivity contribution is -0.384. The summed E-state index contributed by atoms with van der Waals surface area (Å²) < 4.78 is 40.1. The molecule has 1 aliphatic heterocycles. The second kappa shape index (κ2) is 7.41. The number of nitro groups is 1. The smallest absolute Gasteiger partial charge is 0.271 e. The third-order valence-corrected chi connectivity index (χ3v) is 6.14. The number of sulfonamides is 1. The van der Waals surface area contributed by atoms with E-state index in [1.807, 2.05) is 0 Å². The highest BCUT2D eigenvalue weighted by Gasteiger charge is 2.27. The number of carbonyl (C=O) groups excluding carboxylic acids is 1. The van der Waals surface area contributed by atoms with E-state index in [1.165, 1.54) is 28.6 Å². The van der Waals surface area contributed by atoms with Gasteiger partial charge in [-0.1, -0.05) is 0 Å². The van der Waals surface area contributed by atoms with Crippen LogP contribution in [0.4, 0.5) is 15.8 Å². The molecule has 1 aliphatic rings. The van der Waals surface area contributed by atoms with Gasteiger partial charge >= 0.3 is 0 Å². The van der Waals surface area contributed by atoms with Gasteiger partial charge in [-0.05, 0) is 43.2 Å². The van der Waals surface area contributed by atoms with Crippen molar-refractivity contribution < 1.29 is 22.5 Å². The maximum Gasteiger partial charge on any atom is 0.271 e. The lowest BCUT2D eigenvalue weighted by atomic mass is 10.2. The molecule has 3 rings (SSSR count). The normalized spacial score (nSPS) is 14.9. The molecular formula is C17H16FN3O5S. The maximum atomic E-state index is 13.8. The third-order valence-electron chi connectivity index (χ3n) is 4.23. The topological polar surface area (TPSA) is 110 Å². The summed E-state index contributed by atoms with van der Waals surface area (Å²) in [7, 11) is -3.60. The van der Waals surface area contributed by atoms with Crippen LogP contribution >= 0.6 is 0 Å². The number of halogens is 1. The number of hydrogen-bond acceptors (Lipinski definition) is 5. The van der Waals surface area contributed by atoms with Gasteiger partial charge in [-0.3, -0.25) is 14.9 Å². The molecule has 0 spiro atoms. The molecule has 1 fully saturated rings. The van der Waals surface area contributed by atoms with Crippen molar-refractivity contribution in [1.29, 1.82) is 0 Å². The first kappa shape index (κ1) is 18.9. The summed E-state index contributed by atoms with van der Waals surface area (Å²) in [5.74, 6) is -1.53. The van der Waals surface area contributed by atoms with E-state index in [9.17, 15) is 27.7 Å². The Hall–Kier alpha value is -2.85. The zero-order valence-electron chi connectivity index (χ0n) is 14.1. The van der Waals surface area contributed by atoms with Crippen LogP contribution in [0.15, 0.2) is 47.4 Å². The average Bonchev–Trinajstić information content (AvgIpc) is 3.19. The zero-order valence-corrected chi connectivity index (χ0v) is 14.9. The molecule has 1 heterocycles. The lowest BCUT2D eigenvalue weighted by Gasteiger charge is -2.15. The predicted molar refractivity (Wildman–Crippen MR) is 95.4 cm³/mol. The number of amides is 1. The standard InChI is InChI=1S/C17H16FN3O5S/c18-15-8-5-13(21(23)24)11-16(15)19-17(22)12-3-6-14(7-4-12)27(25,26)20-9-1-2-10-20/h3-8,11H,1-2,9-10H2,(H,19,22). The fourth-order valence-electron chi connectivity index (χ4n) is 2.77. The molecule has 2 aromatic rings. The Morgan fingerprint density at radius 2 is 1.74 bits per heavy atom. The molecule has 0 atom stereocenters. The molecule has 0 unspecified atom stereocenters. The summed E-state index contributed by atoms with van der Waals surface area (Å²) in [5, 5.41) is 13.0. The summed E-state index contributed by atoms with van der Waals surface area (Å²) in [6, 6.07) is 8.04. The van der Waals surface area contributed by atoms with Gasteiger partial charge in [-0.15, -0.1) is 0 Å². The van der Waals surface area contributed by atoms with Gasteiger partial charge in [0.2, 0.25) is 10.0 Å². The van der Waals surface area contributed by atoms with Gasteiger partial charge < -0.3 is 5.32 Å². The summed E-state index contributed by atoms with van der Waals surface area (Å²) in [5.41, 5.74) is -0.594. The van der Waals surface area contributed by atoms with Gasteiger partial charge in [0.25, 0.3) is 11.6 Å². The minimum atomic E-state index is -3.60. The van der Waals surface area contributed by atoms with E-state index >= 15 is 0 Å². The highest BCUT2D eigenvalue weighted by atomic mass is 32.2. The van der Waals surface area contributed by atoms with E-state index < -0.39 is 26.7 Å². The minimum absolute atomic E-state index is 0.0717. The van der Waals surface area contributed by atoms with Crippen LogP contribution in [-0.4, -0.2) is 36.6 Å². The maximum absolute atomic E-state index is 13.8. The number of non-ortho nitro benzene ring substituents is 1. The van der Waals surface area contributed by atoms with Crippen LogP contribution in [0.5, 0.6) is 0 Å². The number of rotatable bonds is 5. The number of anilines is 1. The van der Waals surface area contributed by atoms with Crippen molar-refractivity contribution in [3.63, 3.8) is 0 Å². The Labute approximate surface area is 154 Å². The Bertz CT molecular complexity index is 986. The van der Waals surface area contributed by atoms with E-state index in [0.29, 0.717) is 13.1 Å². The molecular weight excluding hydrogens is 377 g/mol. The summed E-state index contributed by atoms with van der Waals surface area (Å²) >= 11 is 0. The van der Waals surface area contributed by atoms with Gasteiger partial charge in [-0.25, -0.2) is 12.8 Å². The van der Waals surface area contributed by atoms with Crippen LogP contribution in [0.25, 0.3) is 0 Å². The molecule has 0 saturated carbocycles. The van der Waals surface area contributed by atoms with Crippen molar-refractivity contribution in [1.82, 2.24) is 4.31 Å². The Morgan fingerprint density at radius 1 is 1.11 bits per heavy atom. The van der Waals surface area contributed by atoms with Crippen molar-refractivity contribution in [2.24, 2.45) is 0 Å². The minimum Gasteiger partial charge on any atom is -0.319 e. The molecule has 1 saturated heterocycles. The fraction of sp³-hybridized carbons (Fsp3) is 0.235. The number of benzene rings is 2. The summed E-state index contributed by atoms with van der Waals surface area (Å²) in [6.07, 6.45) is 1.63. The van der Waals surface area contributed by atoms with Crippen LogP contribution < -0.4 is 5.32 Å². The molecule has 0 bridgehead atoms. The zero-order chi connectivity index (χ0) is 19.6. The van der Waals surface area contributed by atoms with E-state index in [4.69, 9.17) is 0 Å². The van der Waals surface area contributed by atoms with Gasteiger partial charge in [0.15, 0.2) is 0 Å². The van der Waals surface area contributed by atoms with E-state index in [0.717, 1.165) is 31.0 Å². The van der Waals surface area contributed by atoms with Gasteiger partial charge in [0.05, 0.1) is 15.5 Å². The summed E-state index contributed by atoms with van der Waals surface area (Å²) in [6.45, 7) is 0.938. The molecule has 1 N–H and O–H groups in total. The number of nitrogens with zero attached hydrogens (tertiary/aromatic N) is 2. The van der Waals surface area contributed by atoms with Crippen molar-refractivity contribution in [3.8, 4) is 0 Å². The lowest BCUT2D eigenvalue weighted by Crippen LogP contribution is -2.27. The van der Waals surface area contributed by atoms with E-state index in [-0.39, 0.29) is 21.8 Å². The monoisotopic (exact) mass is 393 g/mol. The summed E-state index contributed by atoms with van der Waals surface area (Å²) in [4.78, 5) is 22.4. The molecule has 0 radical (unpaired) electrons. The van der Waals surface area contributed by atoms with E-state index in [1.54, 1.807) is 0 Å². The highest BCUT2D eigenvalue weighted by molar-refractivity contribution is 7.89. The fourth-order valence-corrected chi connectivity index (χ4v) is 4.29. The first-order valence-electron chi connectivity index (χ1n) is 8.14. The van der Waals surface area contributed by atoms with Crippen molar-refractivity contribution in [2.75, 3.05) is 18.4 Å². The first-order chi connectivity index (χ1) is 12.8. The number of carbonyl (C=O) groups is 1. The largest absolute Gasteiger partial charge is 0.319 e. The molecule has 142 valence electrons. The van der Waals surface area contributed by atoms with Gasteiger partial charge in [0.1, 0.15) is 5.82 Å². The van der Waals surface area contributed by atoms with Crippen LogP contribution in [0.2, 0.25) is 0 Å². The average molecular weight is 393 g/mol. The van der Waals surface area contributed by atoms with Crippen LogP contribution in [0, 0.1) is 15.9 Å². The molecule has 8 nitrogen and oxygen atoms in total. The molecule has 27 heavy (non-hydrogen) atoms. The SMILES string of the molecule is O=C(Nc1cc([N+](=O)[O-])ccc1F)c1ccc(S(=O)(=O)N2CCCC2)cc1. The van der Waals surface area contributed by atoms with Crippen LogP contribution in [-0.2, 0) is 10.0 Å². The number of nitro benzene ring substituents is 1. The second-order valence-corrected chi connectivity index (χ2v) is 7.95. The van der Waals surface area contributed by atoms with Gasteiger partial charge in [-0.2, -0.15) is 4.31 Å². The van der Waals surface area contributed by atoms with Crippen LogP contribution in [0.1, 0.15) is 23.2 Å². The molecule has 10 heteroatoms.